The number of carbonyl (C=O) groups excluding carboxylic acids is 1. The highest BCUT2D eigenvalue weighted by atomic mass is 16.5. The quantitative estimate of drug-likeness (QED) is 0.836. The van der Waals surface area contributed by atoms with E-state index in [4.69, 9.17) is 15.2 Å². The monoisotopic (exact) mass is 354 g/mol. The Labute approximate surface area is 154 Å². The Kier molecular flexibility index (Phi) is 5.91. The summed E-state index contributed by atoms with van der Waals surface area (Å²) in [4.78, 5) is 12.7. The third-order valence-corrected chi connectivity index (χ3v) is 4.98. The molecular weight excluding hydrogens is 328 g/mol. The molecule has 1 heterocycles. The molecule has 0 saturated carbocycles. The molecular formula is C21H26N2O3. The maximum absolute atomic E-state index is 12.7. The van der Waals surface area contributed by atoms with Crippen molar-refractivity contribution in [1.82, 2.24) is 5.32 Å². The van der Waals surface area contributed by atoms with Crippen LogP contribution in [0.25, 0.3) is 0 Å². The standard InChI is InChI=1S/C21H26N2O3/c1-16-6-8-18(9-7-16)26-19-5-3-2-4-17(19)14-23-20(24)21(15-22)10-12-25-13-11-21/h2-9H,10-15,22H2,1H3,(H,23,24). The van der Waals surface area contributed by atoms with Gasteiger partial charge in [0.2, 0.25) is 5.91 Å². The van der Waals surface area contributed by atoms with Crippen molar-refractivity contribution < 1.29 is 14.3 Å². The molecule has 1 amide bonds. The van der Waals surface area contributed by atoms with Gasteiger partial charge in [-0.15, -0.1) is 0 Å². The van der Waals surface area contributed by atoms with Crippen LogP contribution >= 0.6 is 0 Å². The summed E-state index contributed by atoms with van der Waals surface area (Å²) in [5.41, 5.74) is 7.50. The number of hydrogen-bond acceptors (Lipinski definition) is 4. The summed E-state index contributed by atoms with van der Waals surface area (Å²) in [5, 5.41) is 3.04. The lowest BCUT2D eigenvalue weighted by atomic mass is 9.79. The highest BCUT2D eigenvalue weighted by Gasteiger charge is 2.38. The van der Waals surface area contributed by atoms with Gasteiger partial charge in [-0.3, -0.25) is 4.79 Å². The molecule has 0 atom stereocenters. The van der Waals surface area contributed by atoms with E-state index in [1.165, 1.54) is 5.56 Å². The third kappa shape index (κ3) is 4.23. The predicted octanol–water partition coefficient (Wildman–Crippen LogP) is 3.16. The molecule has 2 aromatic carbocycles. The Bertz CT molecular complexity index is 737. The van der Waals surface area contributed by atoms with Gasteiger partial charge in [-0.05, 0) is 38.0 Å². The topological polar surface area (TPSA) is 73.6 Å². The molecule has 0 radical (unpaired) electrons. The minimum atomic E-state index is -0.523. The van der Waals surface area contributed by atoms with Gasteiger partial charge in [-0.25, -0.2) is 0 Å². The lowest BCUT2D eigenvalue weighted by Gasteiger charge is -2.34. The third-order valence-electron chi connectivity index (χ3n) is 4.98. The van der Waals surface area contributed by atoms with Gasteiger partial charge in [0.05, 0.1) is 5.41 Å². The Morgan fingerprint density at radius 3 is 2.54 bits per heavy atom. The van der Waals surface area contributed by atoms with Gasteiger partial charge < -0.3 is 20.5 Å². The number of ether oxygens (including phenoxy) is 2. The van der Waals surface area contributed by atoms with Crippen LogP contribution < -0.4 is 15.8 Å². The average molecular weight is 354 g/mol. The molecule has 0 spiro atoms. The number of rotatable bonds is 6. The first-order valence-corrected chi connectivity index (χ1v) is 9.01. The molecule has 1 aliphatic heterocycles. The van der Waals surface area contributed by atoms with Crippen LogP contribution in [0.15, 0.2) is 48.5 Å². The Morgan fingerprint density at radius 1 is 1.15 bits per heavy atom. The number of carbonyl (C=O) groups is 1. The van der Waals surface area contributed by atoms with Crippen LogP contribution in [-0.4, -0.2) is 25.7 Å². The maximum atomic E-state index is 12.7. The van der Waals surface area contributed by atoms with E-state index < -0.39 is 5.41 Å². The Balaban J connectivity index is 1.68. The molecule has 5 nitrogen and oxygen atoms in total. The second kappa shape index (κ2) is 8.34. The normalized spacial score (nSPS) is 16.1. The number of amides is 1. The molecule has 0 bridgehead atoms. The van der Waals surface area contributed by atoms with Gasteiger partial charge in [0.25, 0.3) is 0 Å². The van der Waals surface area contributed by atoms with E-state index in [1.807, 2.05) is 55.5 Å². The molecule has 1 fully saturated rings. The molecule has 5 heteroatoms. The Morgan fingerprint density at radius 2 is 1.85 bits per heavy atom. The smallest absolute Gasteiger partial charge is 0.227 e. The number of nitrogens with two attached hydrogens (primary N) is 1. The van der Waals surface area contributed by atoms with Gasteiger partial charge in [0, 0.05) is 31.9 Å². The predicted molar refractivity (Wildman–Crippen MR) is 101 cm³/mol. The van der Waals surface area contributed by atoms with E-state index >= 15 is 0 Å². The Hall–Kier alpha value is -2.37. The first kappa shape index (κ1) is 18.4. The molecule has 1 saturated heterocycles. The van der Waals surface area contributed by atoms with Crippen molar-refractivity contribution in [1.29, 1.82) is 0 Å². The van der Waals surface area contributed by atoms with Crippen LogP contribution in [0, 0.1) is 12.3 Å². The van der Waals surface area contributed by atoms with Gasteiger partial charge in [0.1, 0.15) is 11.5 Å². The second-order valence-corrected chi connectivity index (χ2v) is 6.80. The van der Waals surface area contributed by atoms with Gasteiger partial charge in [-0.2, -0.15) is 0 Å². The summed E-state index contributed by atoms with van der Waals surface area (Å²) in [7, 11) is 0. The van der Waals surface area contributed by atoms with Crippen molar-refractivity contribution in [2.24, 2.45) is 11.1 Å². The van der Waals surface area contributed by atoms with Gasteiger partial charge in [-0.1, -0.05) is 35.9 Å². The van der Waals surface area contributed by atoms with E-state index in [0.29, 0.717) is 39.1 Å². The molecule has 138 valence electrons. The molecule has 0 aliphatic carbocycles. The van der Waals surface area contributed by atoms with E-state index in [2.05, 4.69) is 5.32 Å². The number of benzene rings is 2. The largest absolute Gasteiger partial charge is 0.457 e. The lowest BCUT2D eigenvalue weighted by Crippen LogP contribution is -2.48. The number of hydrogen-bond donors (Lipinski definition) is 2. The first-order valence-electron chi connectivity index (χ1n) is 9.01. The van der Waals surface area contributed by atoms with Crippen molar-refractivity contribution >= 4 is 5.91 Å². The summed E-state index contributed by atoms with van der Waals surface area (Å²) < 4.78 is 11.4. The van der Waals surface area contributed by atoms with Gasteiger partial charge >= 0.3 is 0 Å². The molecule has 3 rings (SSSR count). The van der Waals surface area contributed by atoms with Crippen LogP contribution in [0.3, 0.4) is 0 Å². The van der Waals surface area contributed by atoms with Crippen LogP contribution in [0.5, 0.6) is 11.5 Å². The average Bonchev–Trinajstić information content (AvgIpc) is 2.69. The highest BCUT2D eigenvalue weighted by molar-refractivity contribution is 5.83. The van der Waals surface area contributed by atoms with Crippen LogP contribution in [0.2, 0.25) is 0 Å². The molecule has 2 aromatic rings. The minimum Gasteiger partial charge on any atom is -0.457 e. The summed E-state index contributed by atoms with van der Waals surface area (Å²) in [6, 6.07) is 15.6. The van der Waals surface area contributed by atoms with Crippen LogP contribution in [0.1, 0.15) is 24.0 Å². The zero-order valence-electron chi connectivity index (χ0n) is 15.2. The SMILES string of the molecule is Cc1ccc(Oc2ccccc2CNC(=O)C2(CN)CCOCC2)cc1. The van der Waals surface area contributed by atoms with Crippen molar-refractivity contribution in [3.63, 3.8) is 0 Å². The fourth-order valence-electron chi connectivity index (χ4n) is 3.13. The minimum absolute atomic E-state index is 0.00608. The maximum Gasteiger partial charge on any atom is 0.227 e. The zero-order valence-corrected chi connectivity index (χ0v) is 15.2. The molecule has 26 heavy (non-hydrogen) atoms. The molecule has 0 unspecified atom stereocenters. The summed E-state index contributed by atoms with van der Waals surface area (Å²) >= 11 is 0. The number of para-hydroxylation sites is 1. The van der Waals surface area contributed by atoms with Crippen LogP contribution in [-0.2, 0) is 16.1 Å². The van der Waals surface area contributed by atoms with E-state index in [1.54, 1.807) is 0 Å². The van der Waals surface area contributed by atoms with Crippen molar-refractivity contribution in [3.05, 3.63) is 59.7 Å². The number of nitrogens with one attached hydrogen (secondary N) is 1. The fraction of sp³-hybridized carbons (Fsp3) is 0.381. The summed E-state index contributed by atoms with van der Waals surface area (Å²) in [6.07, 6.45) is 1.33. The van der Waals surface area contributed by atoms with E-state index in [0.717, 1.165) is 17.1 Å². The molecule has 0 aromatic heterocycles. The first-order chi connectivity index (χ1) is 12.6. The summed E-state index contributed by atoms with van der Waals surface area (Å²) in [5.74, 6) is 1.51. The summed E-state index contributed by atoms with van der Waals surface area (Å²) in [6.45, 7) is 3.94. The molecule has 3 N–H and O–H groups in total. The zero-order chi connectivity index (χ0) is 18.4. The lowest BCUT2D eigenvalue weighted by molar-refractivity contribution is -0.136. The van der Waals surface area contributed by atoms with Crippen LogP contribution in [0.4, 0.5) is 0 Å². The van der Waals surface area contributed by atoms with Gasteiger partial charge in [0.15, 0.2) is 0 Å². The fourth-order valence-corrected chi connectivity index (χ4v) is 3.13. The second-order valence-electron chi connectivity index (χ2n) is 6.80. The number of aryl methyl sites for hydroxylation is 1. The molecule has 1 aliphatic rings. The van der Waals surface area contributed by atoms with Crippen molar-refractivity contribution in [3.8, 4) is 11.5 Å². The highest BCUT2D eigenvalue weighted by Crippen LogP contribution is 2.30. The van der Waals surface area contributed by atoms with Crippen molar-refractivity contribution in [2.75, 3.05) is 19.8 Å². The van der Waals surface area contributed by atoms with Crippen molar-refractivity contribution in [2.45, 2.75) is 26.3 Å². The van der Waals surface area contributed by atoms with E-state index in [-0.39, 0.29) is 5.91 Å². The van der Waals surface area contributed by atoms with E-state index in [9.17, 15) is 4.79 Å².